The zero-order valence-electron chi connectivity index (χ0n) is 22.2. The Kier molecular flexibility index (Phi) is 11.7. The first-order valence-corrected chi connectivity index (χ1v) is 15.0. The number of ether oxygens (including phenoxy) is 2. The number of carbonyl (C=O) groups is 2. The van der Waals surface area contributed by atoms with Crippen LogP contribution in [0.2, 0.25) is 0 Å². The minimum atomic E-state index is -5.03. The quantitative estimate of drug-likeness (QED) is 0.193. The van der Waals surface area contributed by atoms with E-state index >= 15 is 0 Å². The van der Waals surface area contributed by atoms with Crippen LogP contribution in [-0.2, 0) is 27.7 Å². The van der Waals surface area contributed by atoms with Crippen LogP contribution < -0.4 is 9.05 Å². The summed E-state index contributed by atoms with van der Waals surface area (Å²) in [7, 11) is -9.78. The normalized spacial score (nSPS) is 11.7. The molecule has 0 radical (unpaired) electrons. The summed E-state index contributed by atoms with van der Waals surface area (Å²) in [5.41, 5.74) is 0. The molecule has 0 atom stereocenters. The number of hydrogen-bond acceptors (Lipinski definition) is 10. The number of rotatable bonds is 12. The molecule has 2 rings (SSSR count). The summed E-state index contributed by atoms with van der Waals surface area (Å²) in [5, 5.41) is 0. The van der Waals surface area contributed by atoms with Crippen LogP contribution in [0.1, 0.15) is 41.5 Å². The molecule has 0 aliphatic carbocycles. The van der Waals surface area contributed by atoms with Crippen molar-refractivity contribution in [2.75, 3.05) is 13.2 Å². The maximum atomic E-state index is 14.7. The molecule has 0 aliphatic rings. The van der Waals surface area contributed by atoms with Crippen LogP contribution >= 0.6 is 15.5 Å². The van der Waals surface area contributed by atoms with E-state index in [1.807, 2.05) is 0 Å². The van der Waals surface area contributed by atoms with Crippen LogP contribution in [0.3, 0.4) is 0 Å². The van der Waals surface area contributed by atoms with Gasteiger partial charge in [-0.25, -0.2) is 18.7 Å². The summed E-state index contributed by atoms with van der Waals surface area (Å²) in [4.78, 5) is 27.0. The molecule has 210 valence electrons. The maximum absolute atomic E-state index is 14.7. The standard InChI is InChI=1S/C24H34N2O10P2/c1-7-31-37(29,32-8-2)25(23(27)33-19(3)4)26(24(28)34-20(5)6)38(30,35-21-15-11-9-12-16-21)36-22-17-13-10-14-18-22/h9-20H,7-8H2,1-6H3. The van der Waals surface area contributed by atoms with Gasteiger partial charge in [0.25, 0.3) is 0 Å². The van der Waals surface area contributed by atoms with E-state index in [1.54, 1.807) is 36.4 Å². The first kappa shape index (κ1) is 31.2. The molecule has 0 saturated carbocycles. The fourth-order valence-electron chi connectivity index (χ4n) is 2.86. The van der Waals surface area contributed by atoms with Crippen LogP contribution in [0.15, 0.2) is 60.7 Å². The topological polar surface area (TPSA) is 130 Å². The number of carbonyl (C=O) groups excluding carboxylic acids is 2. The van der Waals surface area contributed by atoms with Crippen LogP contribution in [0.5, 0.6) is 11.5 Å². The van der Waals surface area contributed by atoms with Crippen LogP contribution in [0.25, 0.3) is 0 Å². The van der Waals surface area contributed by atoms with Gasteiger partial charge >= 0.3 is 27.7 Å². The Morgan fingerprint density at radius 3 is 1.32 bits per heavy atom. The molecule has 0 unspecified atom stereocenters. The second-order valence-electron chi connectivity index (χ2n) is 8.03. The molecule has 38 heavy (non-hydrogen) atoms. The molecule has 2 aromatic rings. The number of amides is 2. The SMILES string of the molecule is CCOP(=O)(OCC)N(C(=O)OC(C)C)N(C(=O)OC(C)C)P(=O)(Oc1ccccc1)Oc1ccccc1. The third kappa shape index (κ3) is 8.49. The molecule has 0 aliphatic heterocycles. The molecule has 2 amide bonds. The number of nitrogens with zero attached hydrogens (tertiary/aromatic N) is 2. The lowest BCUT2D eigenvalue weighted by atomic mass is 10.3. The monoisotopic (exact) mass is 572 g/mol. The summed E-state index contributed by atoms with van der Waals surface area (Å²) in [6, 6.07) is 15.6. The molecular formula is C24H34N2O10P2. The lowest BCUT2D eigenvalue weighted by molar-refractivity contribution is 0.0117. The summed E-state index contributed by atoms with van der Waals surface area (Å²) < 4.78 is 61.8. The second-order valence-corrected chi connectivity index (χ2v) is 11.5. The molecule has 0 spiro atoms. The molecule has 0 fully saturated rings. The van der Waals surface area contributed by atoms with Crippen molar-refractivity contribution in [3.05, 3.63) is 60.7 Å². The van der Waals surface area contributed by atoms with Crippen LogP contribution in [0.4, 0.5) is 9.59 Å². The summed E-state index contributed by atoms with van der Waals surface area (Å²) >= 11 is 0. The van der Waals surface area contributed by atoms with Crippen LogP contribution in [-0.4, -0.2) is 47.2 Å². The number of benzene rings is 2. The van der Waals surface area contributed by atoms with E-state index in [1.165, 1.54) is 65.8 Å². The molecule has 12 nitrogen and oxygen atoms in total. The van der Waals surface area contributed by atoms with Gasteiger partial charge in [-0.15, -0.1) is 4.78 Å². The van der Waals surface area contributed by atoms with Crippen molar-refractivity contribution < 1.29 is 46.3 Å². The Labute approximate surface area is 222 Å². The zero-order valence-corrected chi connectivity index (χ0v) is 24.0. The van der Waals surface area contributed by atoms with Crippen LogP contribution in [0, 0.1) is 0 Å². The molecular weight excluding hydrogens is 538 g/mol. The Hall–Kier alpha value is -3.04. The molecule has 2 aromatic carbocycles. The first-order chi connectivity index (χ1) is 18.0. The molecule has 0 bridgehead atoms. The Morgan fingerprint density at radius 2 is 1.00 bits per heavy atom. The first-order valence-electron chi connectivity index (χ1n) is 12.0. The van der Waals surface area contributed by atoms with Gasteiger partial charge in [-0.05, 0) is 65.8 Å². The summed E-state index contributed by atoms with van der Waals surface area (Å²) in [6.45, 7) is 8.68. The highest BCUT2D eigenvalue weighted by atomic mass is 31.2. The highest BCUT2D eigenvalue weighted by molar-refractivity contribution is 7.56. The minimum Gasteiger partial charge on any atom is -0.445 e. The van der Waals surface area contributed by atoms with E-state index in [9.17, 15) is 18.7 Å². The largest absolute Gasteiger partial charge is 0.569 e. The summed E-state index contributed by atoms with van der Waals surface area (Å²) in [5.74, 6) is 0.0166. The van der Waals surface area contributed by atoms with Gasteiger partial charge in [0.05, 0.1) is 25.4 Å². The molecule has 0 aromatic heterocycles. The lowest BCUT2D eigenvalue weighted by Crippen LogP contribution is -2.49. The van der Waals surface area contributed by atoms with E-state index in [0.717, 1.165) is 0 Å². The van der Waals surface area contributed by atoms with E-state index in [4.69, 9.17) is 27.6 Å². The second kappa shape index (κ2) is 14.2. The van der Waals surface area contributed by atoms with E-state index < -0.39 is 39.9 Å². The van der Waals surface area contributed by atoms with Crippen molar-refractivity contribution >= 4 is 27.7 Å². The molecule has 0 N–H and O–H groups in total. The minimum absolute atomic E-state index is 0.00828. The lowest BCUT2D eigenvalue weighted by Gasteiger charge is -2.38. The van der Waals surface area contributed by atoms with Crippen molar-refractivity contribution in [2.45, 2.75) is 53.8 Å². The van der Waals surface area contributed by atoms with Gasteiger partial charge in [0.15, 0.2) is 0 Å². The Morgan fingerprint density at radius 1 is 0.658 bits per heavy atom. The van der Waals surface area contributed by atoms with Crippen molar-refractivity contribution in [3.8, 4) is 11.5 Å². The van der Waals surface area contributed by atoms with Gasteiger partial charge in [-0.2, -0.15) is 0 Å². The highest BCUT2D eigenvalue weighted by Crippen LogP contribution is 2.62. The number of hydrazine groups is 1. The van der Waals surface area contributed by atoms with Gasteiger partial charge in [0.1, 0.15) is 11.5 Å². The van der Waals surface area contributed by atoms with E-state index in [2.05, 4.69) is 0 Å². The van der Waals surface area contributed by atoms with Crippen molar-refractivity contribution in [2.24, 2.45) is 0 Å². The highest BCUT2D eigenvalue weighted by Gasteiger charge is 2.57. The molecule has 0 saturated heterocycles. The maximum Gasteiger partial charge on any atom is 0.569 e. The average molecular weight is 572 g/mol. The van der Waals surface area contributed by atoms with E-state index in [0.29, 0.717) is 0 Å². The van der Waals surface area contributed by atoms with Gasteiger partial charge in [-0.1, -0.05) is 41.2 Å². The van der Waals surface area contributed by atoms with Crippen molar-refractivity contribution in [3.63, 3.8) is 0 Å². The van der Waals surface area contributed by atoms with E-state index in [-0.39, 0.29) is 34.3 Å². The molecule has 0 heterocycles. The zero-order chi connectivity index (χ0) is 28.3. The number of para-hydroxylation sites is 2. The fraction of sp³-hybridized carbons (Fsp3) is 0.417. The predicted molar refractivity (Wildman–Crippen MR) is 140 cm³/mol. The van der Waals surface area contributed by atoms with Gasteiger partial charge < -0.3 is 18.5 Å². The van der Waals surface area contributed by atoms with Gasteiger partial charge in [0.2, 0.25) is 0 Å². The Balaban J connectivity index is 2.84. The summed E-state index contributed by atoms with van der Waals surface area (Å²) in [6.07, 6.45) is -4.27. The average Bonchev–Trinajstić information content (AvgIpc) is 2.82. The Bertz CT molecular complexity index is 1080. The van der Waals surface area contributed by atoms with Crippen molar-refractivity contribution in [1.29, 1.82) is 0 Å². The fourth-order valence-corrected chi connectivity index (χ4v) is 6.42. The van der Waals surface area contributed by atoms with Crippen molar-refractivity contribution in [1.82, 2.24) is 9.56 Å². The smallest absolute Gasteiger partial charge is 0.445 e. The third-order valence-corrected chi connectivity index (χ3v) is 7.96. The molecule has 14 heteroatoms. The number of hydrogen-bond donors (Lipinski definition) is 0. The third-order valence-electron chi connectivity index (χ3n) is 4.16. The predicted octanol–water partition coefficient (Wildman–Crippen LogP) is 7.04. The van der Waals surface area contributed by atoms with Gasteiger partial charge in [0, 0.05) is 0 Å². The van der Waals surface area contributed by atoms with Gasteiger partial charge in [-0.3, -0.25) is 9.05 Å².